The minimum atomic E-state index is 0.214. The Bertz CT molecular complexity index is 3540. The summed E-state index contributed by atoms with van der Waals surface area (Å²) < 4.78 is 6.78. The molecule has 1 aromatic heterocycles. The standard InChI is InChI=1S/C62H43NO/c1-3-19-43(20-4-1)49-40-39-46(48-31-15-24-42-23-7-8-27-47(42)48)41-59(49)63(58-37-13-10-29-52(58)55-34-18-35-56-53-30-11-14-38-60(53)64-62(55)56)57-36-12-9-28-51(57)54-33-17-26-45-25-16-32-50(61(45)54)44-21-5-2-6-22-44/h1-31,33-41,50H,32H2. The van der Waals surface area contributed by atoms with Crippen LogP contribution in [-0.2, 0) is 0 Å². The molecule has 0 saturated carbocycles. The van der Waals surface area contributed by atoms with Crippen molar-refractivity contribution in [2.75, 3.05) is 4.90 Å². The van der Waals surface area contributed by atoms with Gasteiger partial charge in [0.2, 0.25) is 0 Å². The van der Waals surface area contributed by atoms with Gasteiger partial charge in [-0.1, -0.05) is 218 Å². The van der Waals surface area contributed by atoms with Crippen LogP contribution < -0.4 is 4.90 Å². The third-order valence-electron chi connectivity index (χ3n) is 13.1. The Morgan fingerprint density at radius 3 is 1.81 bits per heavy atom. The minimum Gasteiger partial charge on any atom is -0.455 e. The van der Waals surface area contributed by atoms with E-state index >= 15 is 0 Å². The zero-order valence-corrected chi connectivity index (χ0v) is 35.2. The van der Waals surface area contributed by atoms with Crippen LogP contribution in [-0.4, -0.2) is 0 Å². The molecule has 1 aliphatic rings. The van der Waals surface area contributed by atoms with Crippen LogP contribution in [0, 0.1) is 0 Å². The zero-order chi connectivity index (χ0) is 42.4. The Hall–Kier alpha value is -8.20. The Labute approximate surface area is 373 Å². The highest BCUT2D eigenvalue weighted by atomic mass is 16.3. The van der Waals surface area contributed by atoms with Crippen molar-refractivity contribution in [3.63, 3.8) is 0 Å². The summed E-state index contributed by atoms with van der Waals surface area (Å²) in [6, 6.07) is 83.8. The Kier molecular flexibility index (Phi) is 9.34. The van der Waals surface area contributed by atoms with Gasteiger partial charge in [0.25, 0.3) is 0 Å². The lowest BCUT2D eigenvalue weighted by Crippen LogP contribution is -2.15. The SMILES string of the molecule is C1=Cc2cccc(-c3ccccc3N(c3cc(-c4cccc5ccccc45)ccc3-c3ccccc3)c3ccccc3-c3cccc4c3oc3ccccc34)c2C(c2ccccc2)C1. The quantitative estimate of drug-likeness (QED) is 0.152. The molecule has 1 unspecified atom stereocenters. The van der Waals surface area contributed by atoms with Gasteiger partial charge in [-0.2, -0.15) is 0 Å². The maximum absolute atomic E-state index is 6.78. The lowest BCUT2D eigenvalue weighted by molar-refractivity contribution is 0.670. The molecule has 0 amide bonds. The second-order valence-corrected chi connectivity index (χ2v) is 16.7. The first kappa shape index (κ1) is 37.6. The van der Waals surface area contributed by atoms with Crippen LogP contribution >= 0.6 is 0 Å². The molecule has 2 heteroatoms. The van der Waals surface area contributed by atoms with Crippen LogP contribution in [0.15, 0.2) is 241 Å². The number of hydrogen-bond donors (Lipinski definition) is 0. The van der Waals surface area contributed by atoms with Crippen LogP contribution in [0.4, 0.5) is 17.1 Å². The Morgan fingerprint density at radius 2 is 0.984 bits per heavy atom. The molecule has 0 bridgehead atoms. The first-order chi connectivity index (χ1) is 31.8. The van der Waals surface area contributed by atoms with Crippen molar-refractivity contribution in [2.24, 2.45) is 0 Å². The van der Waals surface area contributed by atoms with Crippen molar-refractivity contribution in [2.45, 2.75) is 12.3 Å². The molecule has 0 spiro atoms. The topological polar surface area (TPSA) is 16.4 Å². The van der Waals surface area contributed by atoms with E-state index in [4.69, 9.17) is 4.42 Å². The summed E-state index contributed by atoms with van der Waals surface area (Å²) in [4.78, 5) is 2.53. The van der Waals surface area contributed by atoms with Crippen molar-refractivity contribution in [3.05, 3.63) is 253 Å². The van der Waals surface area contributed by atoms with E-state index < -0.39 is 0 Å². The fraction of sp³-hybridized carbons (Fsp3) is 0.0323. The minimum absolute atomic E-state index is 0.214. The first-order valence-electron chi connectivity index (χ1n) is 22.2. The number of nitrogens with zero attached hydrogens (tertiary/aromatic N) is 1. The van der Waals surface area contributed by atoms with Gasteiger partial charge < -0.3 is 9.32 Å². The molecular weight excluding hydrogens is 775 g/mol. The second kappa shape index (κ2) is 15.9. The van der Waals surface area contributed by atoms with E-state index in [2.05, 4.69) is 242 Å². The van der Waals surface area contributed by atoms with Crippen molar-refractivity contribution < 1.29 is 4.42 Å². The molecule has 0 N–H and O–H groups in total. The summed E-state index contributed by atoms with van der Waals surface area (Å²) in [5, 5.41) is 4.66. The number of allylic oxidation sites excluding steroid dienone is 1. The summed E-state index contributed by atoms with van der Waals surface area (Å²) in [7, 11) is 0. The highest BCUT2D eigenvalue weighted by Gasteiger charge is 2.28. The molecule has 0 fully saturated rings. The van der Waals surface area contributed by atoms with Crippen molar-refractivity contribution >= 4 is 55.8 Å². The van der Waals surface area contributed by atoms with Gasteiger partial charge in [0.05, 0.1) is 17.1 Å². The molecule has 10 aromatic carbocycles. The molecule has 0 aliphatic heterocycles. The third kappa shape index (κ3) is 6.42. The van der Waals surface area contributed by atoms with Gasteiger partial charge in [-0.15, -0.1) is 0 Å². The fourth-order valence-corrected chi connectivity index (χ4v) is 10.2. The maximum atomic E-state index is 6.78. The molecule has 1 atom stereocenters. The Balaban J connectivity index is 1.17. The van der Waals surface area contributed by atoms with Gasteiger partial charge in [-0.05, 0) is 80.4 Å². The predicted octanol–water partition coefficient (Wildman–Crippen LogP) is 17.4. The van der Waals surface area contributed by atoms with E-state index in [0.29, 0.717) is 0 Å². The van der Waals surface area contributed by atoms with Crippen LogP contribution in [0.5, 0.6) is 0 Å². The first-order valence-corrected chi connectivity index (χ1v) is 22.2. The summed E-state index contributed by atoms with van der Waals surface area (Å²) in [5.41, 5.74) is 18.1. The van der Waals surface area contributed by atoms with Gasteiger partial charge in [0, 0.05) is 38.9 Å². The smallest absolute Gasteiger partial charge is 0.143 e. The summed E-state index contributed by atoms with van der Waals surface area (Å²) in [6.45, 7) is 0. The summed E-state index contributed by atoms with van der Waals surface area (Å²) in [5.74, 6) is 0.214. The van der Waals surface area contributed by atoms with Crippen LogP contribution in [0.25, 0.3) is 83.3 Å². The summed E-state index contributed by atoms with van der Waals surface area (Å²) in [6.07, 6.45) is 5.58. The number of furan rings is 1. The highest BCUT2D eigenvalue weighted by molar-refractivity contribution is 6.11. The number of rotatable bonds is 8. The number of fused-ring (bicyclic) bond motifs is 5. The Morgan fingerprint density at radius 1 is 0.391 bits per heavy atom. The average molecular weight is 818 g/mol. The van der Waals surface area contributed by atoms with Crippen molar-refractivity contribution in [1.82, 2.24) is 0 Å². The number of para-hydroxylation sites is 4. The van der Waals surface area contributed by atoms with Gasteiger partial charge >= 0.3 is 0 Å². The van der Waals surface area contributed by atoms with E-state index in [1.165, 1.54) is 44.2 Å². The van der Waals surface area contributed by atoms with Gasteiger partial charge in [-0.25, -0.2) is 0 Å². The van der Waals surface area contributed by atoms with E-state index in [9.17, 15) is 0 Å². The number of hydrogen-bond acceptors (Lipinski definition) is 2. The molecule has 64 heavy (non-hydrogen) atoms. The number of benzene rings is 10. The molecule has 1 aliphatic carbocycles. The molecule has 0 radical (unpaired) electrons. The maximum Gasteiger partial charge on any atom is 0.143 e. The normalized spacial score (nSPS) is 13.3. The average Bonchev–Trinajstić information content (AvgIpc) is 3.76. The molecular formula is C62H43NO. The predicted molar refractivity (Wildman–Crippen MR) is 270 cm³/mol. The van der Waals surface area contributed by atoms with Gasteiger partial charge in [0.1, 0.15) is 11.2 Å². The number of anilines is 3. The van der Waals surface area contributed by atoms with E-state index in [1.54, 1.807) is 0 Å². The highest BCUT2D eigenvalue weighted by Crippen LogP contribution is 2.52. The third-order valence-corrected chi connectivity index (χ3v) is 13.1. The second-order valence-electron chi connectivity index (χ2n) is 16.7. The lowest BCUT2D eigenvalue weighted by Gasteiger charge is -2.33. The zero-order valence-electron chi connectivity index (χ0n) is 35.2. The van der Waals surface area contributed by atoms with Crippen molar-refractivity contribution in [1.29, 1.82) is 0 Å². The summed E-state index contributed by atoms with van der Waals surface area (Å²) >= 11 is 0. The van der Waals surface area contributed by atoms with E-state index in [0.717, 1.165) is 73.2 Å². The van der Waals surface area contributed by atoms with Crippen LogP contribution in [0.1, 0.15) is 29.0 Å². The molecule has 11 aromatic rings. The molecule has 2 nitrogen and oxygen atoms in total. The van der Waals surface area contributed by atoms with E-state index in [-0.39, 0.29) is 5.92 Å². The van der Waals surface area contributed by atoms with E-state index in [1.807, 2.05) is 6.07 Å². The molecule has 12 rings (SSSR count). The molecule has 1 heterocycles. The largest absolute Gasteiger partial charge is 0.455 e. The fourth-order valence-electron chi connectivity index (χ4n) is 10.2. The van der Waals surface area contributed by atoms with Crippen molar-refractivity contribution in [3.8, 4) is 44.5 Å². The van der Waals surface area contributed by atoms with Gasteiger partial charge in [0.15, 0.2) is 0 Å². The molecule has 302 valence electrons. The lowest BCUT2D eigenvalue weighted by atomic mass is 9.78. The molecule has 0 saturated heterocycles. The monoisotopic (exact) mass is 817 g/mol. The van der Waals surface area contributed by atoms with Crippen LogP contribution in [0.3, 0.4) is 0 Å². The van der Waals surface area contributed by atoms with Gasteiger partial charge in [-0.3, -0.25) is 0 Å². The van der Waals surface area contributed by atoms with Crippen LogP contribution in [0.2, 0.25) is 0 Å².